The van der Waals surface area contributed by atoms with Crippen molar-refractivity contribution in [3.8, 4) is 5.75 Å². The molecule has 2 aromatic carbocycles. The van der Waals surface area contributed by atoms with E-state index in [0.717, 1.165) is 11.3 Å². The van der Waals surface area contributed by atoms with Crippen LogP contribution >= 0.6 is 0 Å². The second-order valence-electron chi connectivity index (χ2n) is 3.82. The maximum Gasteiger partial charge on any atom is 0.119 e. The van der Waals surface area contributed by atoms with Gasteiger partial charge in [0.25, 0.3) is 0 Å². The number of para-hydroxylation sites is 1. The van der Waals surface area contributed by atoms with Crippen LogP contribution in [-0.4, -0.2) is 11.4 Å². The third kappa shape index (κ3) is 4.53. The van der Waals surface area contributed by atoms with Crippen molar-refractivity contribution in [3.63, 3.8) is 0 Å². The number of aliphatic hydroxyl groups is 1. The van der Waals surface area contributed by atoms with Crippen molar-refractivity contribution < 1.29 is 47.3 Å². The van der Waals surface area contributed by atoms with E-state index >= 15 is 0 Å². The van der Waals surface area contributed by atoms with Gasteiger partial charge in [0.1, 0.15) is 12.4 Å². The van der Waals surface area contributed by atoms with Crippen LogP contribution in [0.15, 0.2) is 54.6 Å². The minimum Gasteiger partial charge on any atom is -0.539 e. The van der Waals surface area contributed by atoms with E-state index in [2.05, 4.69) is 0 Å². The molecule has 1 radical (unpaired) electrons. The number of benzene rings is 2. The summed E-state index contributed by atoms with van der Waals surface area (Å²) < 4.78 is 5.59. The Labute approximate surface area is 137 Å². The van der Waals surface area contributed by atoms with Crippen molar-refractivity contribution in [2.75, 3.05) is 0 Å². The molecule has 0 spiro atoms. The van der Waals surface area contributed by atoms with Crippen LogP contribution in [0.2, 0.25) is 0 Å². The fraction of sp³-hybridized carbons (Fsp3) is 0.133. The summed E-state index contributed by atoms with van der Waals surface area (Å²) in [6, 6.07) is 16.5. The molecule has 0 aromatic heterocycles. The molecule has 0 amide bonds. The third-order valence-electron chi connectivity index (χ3n) is 2.60. The van der Waals surface area contributed by atoms with Gasteiger partial charge in [-0.05, 0) is 29.4 Å². The molecule has 2 rings (SSSR count). The van der Waals surface area contributed by atoms with Gasteiger partial charge in [0.2, 0.25) is 0 Å². The van der Waals surface area contributed by atoms with Crippen molar-refractivity contribution >= 4 is 6.29 Å². The van der Waals surface area contributed by atoms with Crippen molar-refractivity contribution in [2.45, 2.75) is 12.7 Å². The number of rotatable bonds is 5. The van der Waals surface area contributed by atoms with Gasteiger partial charge >= 0.3 is 0 Å². The van der Waals surface area contributed by atoms with Crippen LogP contribution < -0.4 is 4.74 Å². The van der Waals surface area contributed by atoms with Crippen LogP contribution in [0.4, 0.5) is 0 Å². The van der Waals surface area contributed by atoms with Crippen molar-refractivity contribution in [1.82, 2.24) is 0 Å². The molecule has 95 valence electrons. The fourth-order valence-corrected chi connectivity index (χ4v) is 1.67. The predicted molar refractivity (Wildman–Crippen MR) is 67.9 cm³/mol. The zero-order valence-corrected chi connectivity index (χ0v) is 13.2. The first-order chi connectivity index (χ1) is 8.81. The summed E-state index contributed by atoms with van der Waals surface area (Å²) in [7, 11) is 0. The van der Waals surface area contributed by atoms with Gasteiger partial charge in [0.05, 0.1) is 0 Å². The number of carbonyl (C=O) groups excluding carboxylic acids is 1. The summed E-state index contributed by atoms with van der Waals surface area (Å²) in [4.78, 5) is 10.5. The third-order valence-corrected chi connectivity index (χ3v) is 2.60. The van der Waals surface area contributed by atoms with Gasteiger partial charge in [-0.3, -0.25) is 0 Å². The van der Waals surface area contributed by atoms with E-state index in [0.29, 0.717) is 12.2 Å². The molecule has 0 aliphatic heterocycles. The Morgan fingerprint density at radius 2 is 1.68 bits per heavy atom. The van der Waals surface area contributed by atoms with Crippen molar-refractivity contribution in [1.29, 1.82) is 0 Å². The normalized spacial score (nSPS) is 11.2. The van der Waals surface area contributed by atoms with Crippen molar-refractivity contribution in [3.05, 3.63) is 65.7 Å². The monoisotopic (exact) mass is 330 g/mol. The Kier molecular flexibility index (Phi) is 6.92. The molecular formula is C15H13O3Y-. The molecule has 0 bridgehead atoms. The smallest absolute Gasteiger partial charge is 0.119 e. The van der Waals surface area contributed by atoms with Gasteiger partial charge in [-0.15, -0.1) is 0 Å². The second kappa shape index (κ2) is 8.21. The Morgan fingerprint density at radius 1 is 1.05 bits per heavy atom. The van der Waals surface area contributed by atoms with Gasteiger partial charge in [0.15, 0.2) is 0 Å². The molecule has 1 N–H and O–H groups in total. The van der Waals surface area contributed by atoms with Crippen LogP contribution in [0.3, 0.4) is 0 Å². The SMILES string of the molecule is O=[C-]C(O)c1ccccc1COc1ccccc1.[Y]. The minimum absolute atomic E-state index is 0. The summed E-state index contributed by atoms with van der Waals surface area (Å²) in [5.74, 6) is 0.747. The molecule has 4 heteroatoms. The van der Waals surface area contributed by atoms with Gasteiger partial charge in [-0.25, -0.2) is 6.29 Å². The summed E-state index contributed by atoms with van der Waals surface area (Å²) in [5.41, 5.74) is 1.31. The molecule has 3 nitrogen and oxygen atoms in total. The van der Waals surface area contributed by atoms with Crippen molar-refractivity contribution in [2.24, 2.45) is 0 Å². The largest absolute Gasteiger partial charge is 0.539 e. The average Bonchev–Trinajstić information content (AvgIpc) is 2.45. The Hall–Kier alpha value is -1.03. The summed E-state index contributed by atoms with van der Waals surface area (Å²) >= 11 is 0. The Balaban J connectivity index is 0.00000180. The van der Waals surface area contributed by atoms with Gasteiger partial charge in [-0.1, -0.05) is 42.5 Å². The first-order valence-corrected chi connectivity index (χ1v) is 5.62. The van der Waals surface area contributed by atoms with E-state index in [1.807, 2.05) is 42.5 Å². The predicted octanol–water partition coefficient (Wildman–Crippen LogP) is 2.41. The molecule has 2 aromatic rings. The standard InChI is InChI=1S/C15H13O3.Y/c16-10-15(17)14-9-5-4-6-12(14)11-18-13-7-2-1-3-8-13;/h1-9,15,17H,11H2;/q-1;. The van der Waals surface area contributed by atoms with E-state index in [9.17, 15) is 9.90 Å². The van der Waals surface area contributed by atoms with Crippen LogP contribution in [-0.2, 0) is 44.1 Å². The number of hydrogen-bond acceptors (Lipinski definition) is 3. The Morgan fingerprint density at radius 3 is 2.37 bits per heavy atom. The van der Waals surface area contributed by atoms with E-state index in [-0.39, 0.29) is 32.7 Å². The minimum atomic E-state index is -1.22. The molecule has 0 saturated heterocycles. The maximum atomic E-state index is 10.5. The van der Waals surface area contributed by atoms with Gasteiger partial charge in [-0.2, -0.15) is 0 Å². The molecule has 0 fully saturated rings. The zero-order chi connectivity index (χ0) is 12.8. The van der Waals surface area contributed by atoms with Crippen LogP contribution in [0.1, 0.15) is 17.2 Å². The zero-order valence-electron chi connectivity index (χ0n) is 10.3. The van der Waals surface area contributed by atoms with Crippen LogP contribution in [0, 0.1) is 0 Å². The van der Waals surface area contributed by atoms with E-state index in [1.54, 1.807) is 18.4 Å². The summed E-state index contributed by atoms with van der Waals surface area (Å²) in [6.07, 6.45) is 0.348. The molecule has 0 aliphatic rings. The second-order valence-corrected chi connectivity index (χ2v) is 3.82. The number of aliphatic hydroxyl groups excluding tert-OH is 1. The van der Waals surface area contributed by atoms with E-state index < -0.39 is 6.10 Å². The number of ether oxygens (including phenoxy) is 1. The fourth-order valence-electron chi connectivity index (χ4n) is 1.67. The maximum absolute atomic E-state index is 10.5. The molecular weight excluding hydrogens is 317 g/mol. The topological polar surface area (TPSA) is 46.5 Å². The molecule has 0 aliphatic carbocycles. The Bertz CT molecular complexity index is 514. The first-order valence-electron chi connectivity index (χ1n) is 5.62. The number of hydrogen-bond donors (Lipinski definition) is 1. The molecule has 1 unspecified atom stereocenters. The molecule has 19 heavy (non-hydrogen) atoms. The summed E-state index contributed by atoms with van der Waals surface area (Å²) in [6.45, 7) is 0.304. The van der Waals surface area contributed by atoms with Crippen LogP contribution in [0.5, 0.6) is 5.75 Å². The molecule has 0 heterocycles. The molecule has 1 atom stereocenters. The van der Waals surface area contributed by atoms with Gasteiger partial charge in [0, 0.05) is 32.7 Å². The van der Waals surface area contributed by atoms with E-state index in [1.165, 1.54) is 0 Å². The first kappa shape index (κ1) is 16.0. The van der Waals surface area contributed by atoms with Crippen LogP contribution in [0.25, 0.3) is 0 Å². The van der Waals surface area contributed by atoms with Gasteiger partial charge < -0.3 is 14.6 Å². The van der Waals surface area contributed by atoms with E-state index in [4.69, 9.17) is 4.74 Å². The quantitative estimate of drug-likeness (QED) is 0.857. The molecule has 0 saturated carbocycles. The summed E-state index contributed by atoms with van der Waals surface area (Å²) in [5, 5.41) is 9.53. The average molecular weight is 330 g/mol.